The maximum Gasteiger partial charge on any atom is 0.387 e. The number of tetrazole rings is 1. The molecule has 1 saturated heterocycles. The van der Waals surface area contributed by atoms with Crippen molar-refractivity contribution in [3.63, 3.8) is 0 Å². The van der Waals surface area contributed by atoms with Crippen molar-refractivity contribution in [3.8, 4) is 11.4 Å². The van der Waals surface area contributed by atoms with E-state index in [4.69, 9.17) is 0 Å². The molecule has 26 heavy (non-hydrogen) atoms. The maximum absolute atomic E-state index is 12.2. The smallest absolute Gasteiger partial charge is 0.387 e. The molecule has 7 nitrogen and oxygen atoms in total. The second-order valence-corrected chi connectivity index (χ2v) is 6.49. The number of ether oxygens (including phenoxy) is 1. The third-order valence-electron chi connectivity index (χ3n) is 4.72. The van der Waals surface area contributed by atoms with Gasteiger partial charge in [-0.05, 0) is 86.6 Å². The summed E-state index contributed by atoms with van der Waals surface area (Å²) in [4.78, 5) is 2.35. The van der Waals surface area contributed by atoms with Crippen LogP contribution in [0.3, 0.4) is 0 Å². The standard InChI is InChI=1S/C17H24F2N6O/c1-20-9-6-13-7-10-24(11-8-13)12-16-21-22-23-25(16)14-2-4-15(5-3-14)26-17(18)19/h2-5,13,17,20H,6-12H2,1H3. The highest BCUT2D eigenvalue weighted by molar-refractivity contribution is 5.37. The molecule has 0 atom stereocenters. The van der Waals surface area contributed by atoms with Gasteiger partial charge in [0.25, 0.3) is 0 Å². The zero-order chi connectivity index (χ0) is 18.4. The lowest BCUT2D eigenvalue weighted by Gasteiger charge is -2.31. The van der Waals surface area contributed by atoms with Crippen LogP contribution in [-0.4, -0.2) is 58.4 Å². The van der Waals surface area contributed by atoms with E-state index in [2.05, 4.69) is 30.5 Å². The third-order valence-corrected chi connectivity index (χ3v) is 4.72. The van der Waals surface area contributed by atoms with E-state index in [-0.39, 0.29) is 5.75 Å². The predicted molar refractivity (Wildman–Crippen MR) is 92.3 cm³/mol. The van der Waals surface area contributed by atoms with E-state index in [0.29, 0.717) is 6.54 Å². The molecule has 2 aromatic rings. The van der Waals surface area contributed by atoms with Crippen LogP contribution < -0.4 is 10.1 Å². The Hall–Kier alpha value is -2.13. The Labute approximate surface area is 151 Å². The number of rotatable bonds is 8. The SMILES string of the molecule is CNCCC1CCN(Cc2nnnn2-c2ccc(OC(F)F)cc2)CC1. The molecule has 1 aliphatic rings. The van der Waals surface area contributed by atoms with E-state index in [0.717, 1.165) is 37.1 Å². The van der Waals surface area contributed by atoms with Gasteiger partial charge in [0.2, 0.25) is 0 Å². The van der Waals surface area contributed by atoms with E-state index < -0.39 is 6.61 Å². The minimum atomic E-state index is -2.83. The number of nitrogens with zero attached hydrogens (tertiary/aromatic N) is 5. The van der Waals surface area contributed by atoms with Crippen molar-refractivity contribution in [3.05, 3.63) is 30.1 Å². The molecule has 0 saturated carbocycles. The fourth-order valence-electron chi connectivity index (χ4n) is 3.26. The molecule has 1 aromatic carbocycles. The van der Waals surface area contributed by atoms with Gasteiger partial charge >= 0.3 is 6.61 Å². The molecule has 1 N–H and O–H groups in total. The highest BCUT2D eigenvalue weighted by atomic mass is 19.3. The first-order valence-corrected chi connectivity index (χ1v) is 8.85. The Balaban J connectivity index is 1.59. The van der Waals surface area contributed by atoms with Gasteiger partial charge in [0, 0.05) is 0 Å². The van der Waals surface area contributed by atoms with Gasteiger partial charge in [-0.25, -0.2) is 0 Å². The van der Waals surface area contributed by atoms with Crippen LogP contribution in [0.5, 0.6) is 5.75 Å². The summed E-state index contributed by atoms with van der Waals surface area (Å²) in [5, 5.41) is 15.1. The van der Waals surface area contributed by atoms with Crippen molar-refractivity contribution in [2.45, 2.75) is 32.4 Å². The molecule has 0 spiro atoms. The monoisotopic (exact) mass is 366 g/mol. The van der Waals surface area contributed by atoms with Gasteiger partial charge in [0.05, 0.1) is 12.2 Å². The minimum absolute atomic E-state index is 0.113. The van der Waals surface area contributed by atoms with Crippen LogP contribution in [0.1, 0.15) is 25.1 Å². The number of likely N-dealkylation sites (tertiary alicyclic amines) is 1. The normalized spacial score (nSPS) is 16.3. The van der Waals surface area contributed by atoms with Crippen molar-refractivity contribution >= 4 is 0 Å². The zero-order valence-corrected chi connectivity index (χ0v) is 14.8. The molecule has 2 heterocycles. The van der Waals surface area contributed by atoms with Gasteiger partial charge in [-0.3, -0.25) is 4.90 Å². The summed E-state index contributed by atoms with van der Waals surface area (Å²) >= 11 is 0. The average molecular weight is 366 g/mol. The molecule has 9 heteroatoms. The predicted octanol–water partition coefficient (Wildman–Crippen LogP) is 2.09. The number of piperidine rings is 1. The molecule has 0 unspecified atom stereocenters. The fourth-order valence-corrected chi connectivity index (χ4v) is 3.26. The zero-order valence-electron chi connectivity index (χ0n) is 14.8. The van der Waals surface area contributed by atoms with Crippen LogP contribution in [0.15, 0.2) is 24.3 Å². The Bertz CT molecular complexity index is 670. The Morgan fingerprint density at radius 2 is 1.96 bits per heavy atom. The largest absolute Gasteiger partial charge is 0.435 e. The average Bonchev–Trinajstić information content (AvgIpc) is 3.09. The van der Waals surface area contributed by atoms with Crippen LogP contribution >= 0.6 is 0 Å². The highest BCUT2D eigenvalue weighted by Gasteiger charge is 2.21. The number of alkyl halides is 2. The summed E-state index contributed by atoms with van der Waals surface area (Å²) in [6.07, 6.45) is 3.58. The first kappa shape index (κ1) is 18.7. The van der Waals surface area contributed by atoms with E-state index >= 15 is 0 Å². The van der Waals surface area contributed by atoms with Crippen LogP contribution in [0.2, 0.25) is 0 Å². The van der Waals surface area contributed by atoms with Gasteiger partial charge in [-0.15, -0.1) is 5.10 Å². The number of aromatic nitrogens is 4. The molecule has 142 valence electrons. The second kappa shape index (κ2) is 9.00. The van der Waals surface area contributed by atoms with Gasteiger partial charge in [0.1, 0.15) is 5.75 Å². The van der Waals surface area contributed by atoms with Crippen LogP contribution in [0.25, 0.3) is 5.69 Å². The number of hydrogen-bond acceptors (Lipinski definition) is 6. The minimum Gasteiger partial charge on any atom is -0.435 e. The summed E-state index contributed by atoms with van der Waals surface area (Å²) in [5.41, 5.74) is 0.718. The number of hydrogen-bond donors (Lipinski definition) is 1. The van der Waals surface area contributed by atoms with E-state index in [1.807, 2.05) is 7.05 Å². The quantitative estimate of drug-likeness (QED) is 0.772. The van der Waals surface area contributed by atoms with Gasteiger partial charge in [0.15, 0.2) is 5.82 Å². The van der Waals surface area contributed by atoms with Crippen molar-refractivity contribution in [1.29, 1.82) is 0 Å². The number of nitrogens with one attached hydrogen (secondary N) is 1. The first-order valence-electron chi connectivity index (χ1n) is 8.85. The molecule has 0 aliphatic carbocycles. The van der Waals surface area contributed by atoms with Crippen molar-refractivity contribution in [2.75, 3.05) is 26.7 Å². The van der Waals surface area contributed by atoms with Crippen molar-refractivity contribution < 1.29 is 13.5 Å². The lowest BCUT2D eigenvalue weighted by Crippen LogP contribution is -2.34. The lowest BCUT2D eigenvalue weighted by atomic mass is 9.93. The molecular weight excluding hydrogens is 342 g/mol. The maximum atomic E-state index is 12.2. The Morgan fingerprint density at radius 3 is 2.62 bits per heavy atom. The molecule has 1 aromatic heterocycles. The summed E-state index contributed by atoms with van der Waals surface area (Å²) in [6, 6.07) is 6.31. The summed E-state index contributed by atoms with van der Waals surface area (Å²) in [5.74, 6) is 1.63. The fraction of sp³-hybridized carbons (Fsp3) is 0.588. The summed E-state index contributed by atoms with van der Waals surface area (Å²) in [6.45, 7) is 0.959. The topological polar surface area (TPSA) is 68.1 Å². The van der Waals surface area contributed by atoms with Crippen LogP contribution in [0, 0.1) is 5.92 Å². The number of halogens is 2. The van der Waals surface area contributed by atoms with Gasteiger partial charge in [-0.1, -0.05) is 0 Å². The molecule has 1 fully saturated rings. The molecule has 0 amide bonds. The van der Waals surface area contributed by atoms with E-state index in [1.54, 1.807) is 16.8 Å². The van der Waals surface area contributed by atoms with Gasteiger partial charge < -0.3 is 10.1 Å². The first-order chi connectivity index (χ1) is 12.7. The number of benzene rings is 1. The van der Waals surface area contributed by atoms with E-state index in [1.165, 1.54) is 31.4 Å². The Morgan fingerprint density at radius 1 is 1.23 bits per heavy atom. The lowest BCUT2D eigenvalue weighted by molar-refractivity contribution is -0.0498. The van der Waals surface area contributed by atoms with E-state index in [9.17, 15) is 8.78 Å². The summed E-state index contributed by atoms with van der Waals surface area (Å²) < 4.78 is 30.5. The summed E-state index contributed by atoms with van der Waals surface area (Å²) in [7, 11) is 1.99. The van der Waals surface area contributed by atoms with Crippen LogP contribution in [-0.2, 0) is 6.54 Å². The van der Waals surface area contributed by atoms with Crippen molar-refractivity contribution in [1.82, 2.24) is 30.4 Å². The van der Waals surface area contributed by atoms with Gasteiger partial charge in [-0.2, -0.15) is 13.5 Å². The third kappa shape index (κ3) is 4.95. The van der Waals surface area contributed by atoms with Crippen LogP contribution in [0.4, 0.5) is 8.78 Å². The molecule has 0 radical (unpaired) electrons. The molecule has 1 aliphatic heterocycles. The second-order valence-electron chi connectivity index (χ2n) is 6.49. The van der Waals surface area contributed by atoms with Crippen molar-refractivity contribution in [2.24, 2.45) is 5.92 Å². The molecule has 0 bridgehead atoms. The Kier molecular flexibility index (Phi) is 6.45. The molecule has 3 rings (SSSR count). The molecular formula is C17H24F2N6O. The highest BCUT2D eigenvalue weighted by Crippen LogP contribution is 2.22.